The fourth-order valence-corrected chi connectivity index (χ4v) is 1.53. The predicted molar refractivity (Wildman–Crippen MR) is 33.9 cm³/mol. The number of alkyl halides is 3. The van der Waals surface area contributed by atoms with E-state index in [-0.39, 0.29) is 16.9 Å². The third-order valence-corrected chi connectivity index (χ3v) is 1.66. The maximum absolute atomic E-state index is 5.59. The molecule has 0 radical (unpaired) electrons. The van der Waals surface area contributed by atoms with E-state index in [2.05, 4.69) is 16.0 Å². The molecule has 9 heavy (non-hydrogen) atoms. The maximum atomic E-state index is 5.59. The molecule has 1 aliphatic heterocycles. The van der Waals surface area contributed by atoms with E-state index in [9.17, 15) is 0 Å². The second-order valence-corrected chi connectivity index (χ2v) is 2.95. The molecule has 0 bridgehead atoms. The van der Waals surface area contributed by atoms with Crippen LogP contribution in [0.5, 0.6) is 0 Å². The zero-order chi connectivity index (χ0) is 6.85. The Morgan fingerprint density at radius 3 is 1.78 bits per heavy atom. The Hall–Kier alpha value is 0.750. The van der Waals surface area contributed by atoms with Crippen LogP contribution in [0.2, 0.25) is 0 Å². The van der Waals surface area contributed by atoms with Crippen LogP contribution in [0.3, 0.4) is 0 Å². The highest BCUT2D eigenvalue weighted by Gasteiger charge is 2.26. The summed E-state index contributed by atoms with van der Waals surface area (Å²) < 4.78 is 0. The molecule has 6 heteroatoms. The SMILES string of the molecule is ClC1NC(Cl)NC([ClH+])N1. The molecule has 1 fully saturated rings. The Bertz CT molecular complexity index is 75.3. The van der Waals surface area contributed by atoms with Crippen LogP contribution in [0.15, 0.2) is 0 Å². The Balaban J connectivity index is 2.34. The molecule has 1 heterocycles. The van der Waals surface area contributed by atoms with E-state index in [1.807, 2.05) is 0 Å². The van der Waals surface area contributed by atoms with Gasteiger partial charge >= 0.3 is 0 Å². The fourth-order valence-electron chi connectivity index (χ4n) is 0.539. The van der Waals surface area contributed by atoms with Crippen LogP contribution in [0.25, 0.3) is 0 Å². The van der Waals surface area contributed by atoms with E-state index in [4.69, 9.17) is 34.8 Å². The average Bonchev–Trinajstić information content (AvgIpc) is 1.59. The molecule has 3 nitrogen and oxygen atoms in total. The number of halogens is 3. The Kier molecular flexibility index (Phi) is 2.82. The van der Waals surface area contributed by atoms with Gasteiger partial charge in [0.1, 0.15) is 22.9 Å². The van der Waals surface area contributed by atoms with Crippen molar-refractivity contribution in [1.29, 1.82) is 0 Å². The molecule has 0 saturated carbocycles. The van der Waals surface area contributed by atoms with Gasteiger partial charge in [0, 0.05) is 0 Å². The lowest BCUT2D eigenvalue weighted by molar-refractivity contribution is -0.443. The lowest BCUT2D eigenvalue weighted by Gasteiger charge is -2.25. The smallest absolute Gasteiger partial charge is 0.260 e. The second-order valence-electron chi connectivity index (χ2n) is 1.61. The summed E-state index contributed by atoms with van der Waals surface area (Å²) in [5.74, 6) is 0. The fraction of sp³-hybridized carbons (Fsp3) is 1.00. The number of nitrogens with one attached hydrogen (secondary N) is 3. The summed E-state index contributed by atoms with van der Waals surface area (Å²) in [6, 6.07) is 0. The highest BCUT2D eigenvalue weighted by atomic mass is 35.5. The second kappa shape index (κ2) is 3.23. The summed E-state index contributed by atoms with van der Waals surface area (Å²) in [4.78, 5) is 0. The number of hydrogen-bond acceptors (Lipinski definition) is 3. The van der Waals surface area contributed by atoms with E-state index >= 15 is 0 Å². The van der Waals surface area contributed by atoms with Gasteiger partial charge in [0.15, 0.2) is 0 Å². The van der Waals surface area contributed by atoms with E-state index in [0.717, 1.165) is 0 Å². The monoisotopic (exact) mass is 190 g/mol. The van der Waals surface area contributed by atoms with E-state index in [0.29, 0.717) is 0 Å². The van der Waals surface area contributed by atoms with Crippen LogP contribution in [-0.4, -0.2) is 16.9 Å². The first kappa shape index (κ1) is 7.85. The summed E-state index contributed by atoms with van der Waals surface area (Å²) in [7, 11) is 0. The zero-order valence-electron chi connectivity index (χ0n) is 4.40. The van der Waals surface area contributed by atoms with Gasteiger partial charge in [0.25, 0.3) is 5.62 Å². The molecular weight excluding hydrogens is 184 g/mol. The van der Waals surface area contributed by atoms with Gasteiger partial charge in [-0.25, -0.2) is 10.6 Å². The van der Waals surface area contributed by atoms with Gasteiger partial charge in [-0.3, -0.25) is 5.32 Å². The van der Waals surface area contributed by atoms with E-state index < -0.39 is 0 Å². The average molecular weight is 191 g/mol. The summed E-state index contributed by atoms with van der Waals surface area (Å²) in [5, 5.41) is 8.32. The Morgan fingerprint density at radius 1 is 1.00 bits per heavy atom. The maximum Gasteiger partial charge on any atom is 0.291 e. The first-order valence-corrected chi connectivity index (χ1v) is 3.75. The van der Waals surface area contributed by atoms with Crippen LogP contribution in [0.1, 0.15) is 0 Å². The summed E-state index contributed by atoms with van der Waals surface area (Å²) in [6.45, 7) is 0. The molecule has 0 aromatic heterocycles. The van der Waals surface area contributed by atoms with Crippen LogP contribution >= 0.6 is 23.2 Å². The van der Waals surface area contributed by atoms with Crippen LogP contribution in [0.4, 0.5) is 0 Å². The molecule has 1 saturated heterocycles. The van der Waals surface area contributed by atoms with Gasteiger partial charge in [-0.1, -0.05) is 23.2 Å². The largest absolute Gasteiger partial charge is 0.291 e. The van der Waals surface area contributed by atoms with Crippen molar-refractivity contribution in [3.8, 4) is 0 Å². The van der Waals surface area contributed by atoms with Gasteiger partial charge in [-0.2, -0.15) is 0 Å². The lowest BCUT2D eigenvalue weighted by atomic mass is 10.7. The number of rotatable bonds is 0. The molecule has 1 aliphatic rings. The molecule has 0 amide bonds. The zero-order valence-corrected chi connectivity index (χ0v) is 6.72. The minimum absolute atomic E-state index is 0.253. The highest BCUT2D eigenvalue weighted by molar-refractivity contribution is 6.22. The molecule has 3 N–H and O–H groups in total. The third-order valence-electron chi connectivity index (χ3n) is 0.888. The van der Waals surface area contributed by atoms with Crippen LogP contribution < -0.4 is 16.0 Å². The summed E-state index contributed by atoms with van der Waals surface area (Å²) >= 11 is 16.0. The van der Waals surface area contributed by atoms with E-state index in [1.54, 1.807) is 0 Å². The van der Waals surface area contributed by atoms with Crippen molar-refractivity contribution in [2.75, 3.05) is 0 Å². The van der Waals surface area contributed by atoms with Gasteiger partial charge < -0.3 is 0 Å². The molecule has 0 aliphatic carbocycles. The van der Waals surface area contributed by atoms with Gasteiger partial charge in [0.05, 0.1) is 0 Å². The van der Waals surface area contributed by atoms with Gasteiger partial charge in [0.2, 0.25) is 0 Å². The first-order chi connectivity index (χ1) is 4.18. The first-order valence-electron chi connectivity index (χ1n) is 2.40. The topological polar surface area (TPSA) is 36.1 Å². The van der Waals surface area contributed by atoms with Gasteiger partial charge in [-0.05, 0) is 0 Å². The normalized spacial score (nSPS) is 45.0. The minimum atomic E-state index is -0.337. The van der Waals surface area contributed by atoms with Crippen molar-refractivity contribution in [3.63, 3.8) is 0 Å². The van der Waals surface area contributed by atoms with Crippen LogP contribution in [0, 0.1) is 11.6 Å². The van der Waals surface area contributed by atoms with Gasteiger partial charge in [-0.15, -0.1) is 0 Å². The van der Waals surface area contributed by atoms with E-state index in [1.165, 1.54) is 0 Å². The quantitative estimate of drug-likeness (QED) is 0.353. The summed E-state index contributed by atoms with van der Waals surface area (Å²) in [5.41, 5.74) is -0.927. The molecule has 54 valence electrons. The van der Waals surface area contributed by atoms with Crippen molar-refractivity contribution in [3.05, 3.63) is 0 Å². The molecule has 2 unspecified atom stereocenters. The van der Waals surface area contributed by atoms with Crippen molar-refractivity contribution >= 4 is 23.2 Å². The Labute approximate surface area is 68.0 Å². The predicted octanol–water partition coefficient (Wildman–Crippen LogP) is -0.621. The highest BCUT2D eigenvalue weighted by Crippen LogP contribution is 1.99. The minimum Gasteiger partial charge on any atom is -0.260 e. The van der Waals surface area contributed by atoms with Crippen molar-refractivity contribution in [1.82, 2.24) is 16.0 Å². The number of hydrogen-bond donors (Lipinski definition) is 3. The van der Waals surface area contributed by atoms with Crippen molar-refractivity contribution in [2.45, 2.75) is 16.9 Å². The molecule has 0 aromatic carbocycles. The van der Waals surface area contributed by atoms with Crippen molar-refractivity contribution < 1.29 is 11.6 Å². The van der Waals surface area contributed by atoms with Crippen LogP contribution in [-0.2, 0) is 0 Å². The Morgan fingerprint density at radius 2 is 1.44 bits per heavy atom. The molecular formula is C3H7Cl3N3+. The third kappa shape index (κ3) is 2.45. The lowest BCUT2D eigenvalue weighted by Crippen LogP contribution is -2.62. The molecule has 2 atom stereocenters. The summed E-state index contributed by atoms with van der Waals surface area (Å²) in [6.07, 6.45) is 0. The molecule has 0 aromatic rings. The standard InChI is InChI=1S/C3H7Cl3N3/c4-1-7-2(5)9-3(6)8-1/h1-4,7-9H/q+1. The van der Waals surface area contributed by atoms with Crippen molar-refractivity contribution in [2.24, 2.45) is 0 Å². The molecule has 1 rings (SSSR count). The molecule has 0 spiro atoms.